The molecular weight excluding hydrogens is 300 g/mol. The van der Waals surface area contributed by atoms with Gasteiger partial charge in [0.25, 0.3) is 0 Å². The van der Waals surface area contributed by atoms with E-state index in [0.717, 1.165) is 0 Å². The van der Waals surface area contributed by atoms with Crippen molar-refractivity contribution in [3.8, 4) is 5.75 Å². The van der Waals surface area contributed by atoms with E-state index in [1.807, 2.05) is 6.07 Å². The van der Waals surface area contributed by atoms with Gasteiger partial charge in [-0.1, -0.05) is 18.2 Å². The van der Waals surface area contributed by atoms with Gasteiger partial charge < -0.3 is 10.1 Å². The van der Waals surface area contributed by atoms with Gasteiger partial charge in [0, 0.05) is 17.3 Å². The first-order valence-corrected chi connectivity index (χ1v) is 6.57. The van der Waals surface area contributed by atoms with Gasteiger partial charge in [-0.05, 0) is 24.3 Å². The Morgan fingerprint density at radius 3 is 2.65 bits per heavy atom. The molecular formula is C15H14N4O4. The Hall–Kier alpha value is -3.42. The van der Waals surface area contributed by atoms with Gasteiger partial charge >= 0.3 is 11.7 Å². The van der Waals surface area contributed by atoms with Crippen LogP contribution >= 0.6 is 0 Å². The van der Waals surface area contributed by atoms with Crippen molar-refractivity contribution in [1.82, 2.24) is 5.43 Å². The van der Waals surface area contributed by atoms with Gasteiger partial charge in [0.15, 0.2) is 5.75 Å². The number of nitrogens with one attached hydrogen (secondary N) is 2. The summed E-state index contributed by atoms with van der Waals surface area (Å²) in [5.74, 6) is 0.155. The molecule has 118 valence electrons. The molecule has 8 nitrogen and oxygen atoms in total. The minimum atomic E-state index is -0.550. The summed E-state index contributed by atoms with van der Waals surface area (Å²) in [6.07, 6.45) is 1.30. The molecule has 2 rings (SSSR count). The highest BCUT2D eigenvalue weighted by atomic mass is 16.6. The molecule has 0 atom stereocenters. The van der Waals surface area contributed by atoms with Gasteiger partial charge in [0.1, 0.15) is 0 Å². The van der Waals surface area contributed by atoms with Crippen LogP contribution in [0, 0.1) is 10.1 Å². The Morgan fingerprint density at radius 2 is 2.00 bits per heavy atom. The van der Waals surface area contributed by atoms with E-state index >= 15 is 0 Å². The van der Waals surface area contributed by atoms with Crippen LogP contribution in [-0.2, 0) is 0 Å². The highest BCUT2D eigenvalue weighted by Crippen LogP contribution is 2.26. The number of para-hydroxylation sites is 1. The second-order valence-corrected chi connectivity index (χ2v) is 4.38. The van der Waals surface area contributed by atoms with Crippen LogP contribution in [-0.4, -0.2) is 24.3 Å². The fourth-order valence-corrected chi connectivity index (χ4v) is 1.78. The molecule has 0 radical (unpaired) electrons. The molecule has 0 aliphatic heterocycles. The molecule has 0 spiro atoms. The molecule has 0 bridgehead atoms. The number of nitro groups is 1. The fourth-order valence-electron chi connectivity index (χ4n) is 1.78. The second-order valence-electron chi connectivity index (χ2n) is 4.38. The number of ether oxygens (including phenoxy) is 1. The summed E-state index contributed by atoms with van der Waals surface area (Å²) in [6, 6.07) is 12.7. The molecule has 2 aromatic carbocycles. The zero-order valence-electron chi connectivity index (χ0n) is 12.2. The highest BCUT2D eigenvalue weighted by Gasteiger charge is 2.14. The predicted octanol–water partition coefficient (Wildman–Crippen LogP) is 2.76. The van der Waals surface area contributed by atoms with Gasteiger partial charge in [-0.25, -0.2) is 10.2 Å². The van der Waals surface area contributed by atoms with E-state index in [1.165, 1.54) is 25.5 Å². The number of urea groups is 1. The van der Waals surface area contributed by atoms with Crippen LogP contribution in [0.4, 0.5) is 16.2 Å². The van der Waals surface area contributed by atoms with Crippen LogP contribution in [0.2, 0.25) is 0 Å². The first kappa shape index (κ1) is 16.0. The summed E-state index contributed by atoms with van der Waals surface area (Å²) in [5.41, 5.74) is 3.18. The lowest BCUT2D eigenvalue weighted by Crippen LogP contribution is -2.24. The lowest BCUT2D eigenvalue weighted by Gasteiger charge is -2.03. The molecule has 0 unspecified atom stereocenters. The second kappa shape index (κ2) is 7.55. The molecule has 2 amide bonds. The Balaban J connectivity index is 1.99. The first-order valence-electron chi connectivity index (χ1n) is 6.57. The van der Waals surface area contributed by atoms with Crippen molar-refractivity contribution >= 4 is 23.6 Å². The Morgan fingerprint density at radius 1 is 1.26 bits per heavy atom. The van der Waals surface area contributed by atoms with Crippen molar-refractivity contribution in [2.45, 2.75) is 0 Å². The van der Waals surface area contributed by atoms with Gasteiger partial charge in [-0.3, -0.25) is 10.1 Å². The van der Waals surface area contributed by atoms with Gasteiger partial charge in [-0.2, -0.15) is 5.10 Å². The number of carbonyl (C=O) groups excluding carboxylic acids is 1. The monoisotopic (exact) mass is 314 g/mol. The number of hydrazone groups is 1. The average molecular weight is 314 g/mol. The molecule has 0 aliphatic rings. The lowest BCUT2D eigenvalue weighted by molar-refractivity contribution is -0.385. The summed E-state index contributed by atoms with van der Waals surface area (Å²) in [4.78, 5) is 22.0. The summed E-state index contributed by atoms with van der Waals surface area (Å²) < 4.78 is 4.90. The lowest BCUT2D eigenvalue weighted by atomic mass is 10.2. The number of carbonyl (C=O) groups is 1. The zero-order valence-corrected chi connectivity index (χ0v) is 12.2. The van der Waals surface area contributed by atoms with Crippen molar-refractivity contribution in [2.24, 2.45) is 5.10 Å². The number of nitro benzene ring substituents is 1. The van der Waals surface area contributed by atoms with Crippen LogP contribution in [0.25, 0.3) is 0 Å². The predicted molar refractivity (Wildman–Crippen MR) is 85.8 cm³/mol. The molecule has 0 heterocycles. The van der Waals surface area contributed by atoms with Crippen LogP contribution in [0.5, 0.6) is 5.75 Å². The zero-order chi connectivity index (χ0) is 16.7. The molecule has 8 heteroatoms. The maximum atomic E-state index is 11.6. The third kappa shape index (κ3) is 4.53. The number of hydrogen-bond acceptors (Lipinski definition) is 5. The van der Waals surface area contributed by atoms with E-state index in [-0.39, 0.29) is 11.4 Å². The van der Waals surface area contributed by atoms with Crippen LogP contribution < -0.4 is 15.5 Å². The van der Waals surface area contributed by atoms with E-state index in [9.17, 15) is 14.9 Å². The van der Waals surface area contributed by atoms with Crippen LogP contribution in [0.3, 0.4) is 0 Å². The first-order chi connectivity index (χ1) is 11.1. The van der Waals surface area contributed by atoms with Crippen molar-refractivity contribution < 1.29 is 14.5 Å². The third-order valence-corrected chi connectivity index (χ3v) is 2.81. The number of anilines is 1. The third-order valence-electron chi connectivity index (χ3n) is 2.81. The van der Waals surface area contributed by atoms with E-state index in [4.69, 9.17) is 4.74 Å². The van der Waals surface area contributed by atoms with Gasteiger partial charge in [0.2, 0.25) is 0 Å². The summed E-state index contributed by atoms with van der Waals surface area (Å²) in [6.45, 7) is 0. The molecule has 0 aromatic heterocycles. The standard InChI is InChI=1S/C15H14N4O4/c1-23-14-8-7-11(9-13(14)19(21)22)10-16-18-15(20)17-12-5-3-2-4-6-12/h2-10H,1H3,(H2,17,18,20)/b16-10-. The van der Waals surface area contributed by atoms with Crippen molar-refractivity contribution in [1.29, 1.82) is 0 Å². The van der Waals surface area contributed by atoms with E-state index in [1.54, 1.807) is 30.3 Å². The fraction of sp³-hybridized carbons (Fsp3) is 0.0667. The maximum Gasteiger partial charge on any atom is 0.339 e. The van der Waals surface area contributed by atoms with Crippen molar-refractivity contribution in [3.05, 3.63) is 64.2 Å². The van der Waals surface area contributed by atoms with Crippen molar-refractivity contribution in [2.75, 3.05) is 12.4 Å². The Kier molecular flexibility index (Phi) is 5.24. The minimum absolute atomic E-state index is 0.155. The number of hydrogen-bond donors (Lipinski definition) is 2. The summed E-state index contributed by atoms with van der Waals surface area (Å²) in [5, 5.41) is 17.2. The SMILES string of the molecule is COc1ccc(/C=N\NC(=O)Nc2ccccc2)cc1[N+](=O)[O-]. The number of methoxy groups -OCH3 is 1. The quantitative estimate of drug-likeness (QED) is 0.503. The summed E-state index contributed by atoms with van der Waals surface area (Å²) in [7, 11) is 1.35. The van der Waals surface area contributed by atoms with Crippen LogP contribution in [0.1, 0.15) is 5.56 Å². The average Bonchev–Trinajstić information content (AvgIpc) is 2.55. The highest BCUT2D eigenvalue weighted by molar-refractivity contribution is 5.90. The molecule has 0 saturated heterocycles. The smallest absolute Gasteiger partial charge is 0.339 e. The maximum absolute atomic E-state index is 11.6. The number of amides is 2. The van der Waals surface area contributed by atoms with E-state index < -0.39 is 11.0 Å². The molecule has 23 heavy (non-hydrogen) atoms. The molecule has 2 N–H and O–H groups in total. The normalized spacial score (nSPS) is 10.3. The topological polar surface area (TPSA) is 106 Å². The van der Waals surface area contributed by atoms with Crippen molar-refractivity contribution in [3.63, 3.8) is 0 Å². The number of nitrogens with zero attached hydrogens (tertiary/aromatic N) is 2. The summed E-state index contributed by atoms with van der Waals surface area (Å²) >= 11 is 0. The number of benzene rings is 2. The van der Waals surface area contributed by atoms with E-state index in [0.29, 0.717) is 11.3 Å². The molecule has 2 aromatic rings. The molecule has 0 saturated carbocycles. The molecule has 0 aliphatic carbocycles. The largest absolute Gasteiger partial charge is 0.490 e. The Bertz CT molecular complexity index is 732. The van der Waals surface area contributed by atoms with Gasteiger partial charge in [0.05, 0.1) is 18.2 Å². The van der Waals surface area contributed by atoms with Gasteiger partial charge in [-0.15, -0.1) is 0 Å². The Labute approximate surface area is 131 Å². The minimum Gasteiger partial charge on any atom is -0.490 e. The van der Waals surface area contributed by atoms with E-state index in [2.05, 4.69) is 15.8 Å². The van der Waals surface area contributed by atoms with Crippen LogP contribution in [0.15, 0.2) is 53.6 Å². The molecule has 0 fully saturated rings. The number of rotatable bonds is 5.